The molecule has 2 aromatic heterocycles. The lowest BCUT2D eigenvalue weighted by molar-refractivity contribution is 0.0992. The van der Waals surface area contributed by atoms with Gasteiger partial charge in [-0.15, -0.1) is 5.10 Å². The van der Waals surface area contributed by atoms with Gasteiger partial charge in [0.05, 0.1) is 13.1 Å². The number of benzene rings is 1. The molecule has 0 saturated carbocycles. The highest BCUT2D eigenvalue weighted by molar-refractivity contribution is 6.01. The van der Waals surface area contributed by atoms with Crippen LogP contribution in [0.25, 0.3) is 0 Å². The SMILES string of the molecule is O=C(Nc1ncn(Cc2ccccc2F)n1)c1ccc(CN2CCCC2)o1. The summed E-state index contributed by atoms with van der Waals surface area (Å²) < 4.78 is 20.8. The average molecular weight is 369 g/mol. The topological polar surface area (TPSA) is 76.2 Å². The maximum Gasteiger partial charge on any atom is 0.293 e. The molecule has 1 amide bonds. The molecule has 0 radical (unpaired) electrons. The molecule has 0 spiro atoms. The molecule has 140 valence electrons. The molecule has 8 heteroatoms. The number of halogens is 1. The molecule has 3 heterocycles. The number of furan rings is 1. The number of likely N-dealkylation sites (tertiary alicyclic amines) is 1. The van der Waals surface area contributed by atoms with Crippen LogP contribution in [0.3, 0.4) is 0 Å². The van der Waals surface area contributed by atoms with Gasteiger partial charge in [-0.25, -0.2) is 14.1 Å². The van der Waals surface area contributed by atoms with Crippen molar-refractivity contribution >= 4 is 11.9 Å². The minimum Gasteiger partial charge on any atom is -0.455 e. The van der Waals surface area contributed by atoms with E-state index in [0.29, 0.717) is 12.1 Å². The predicted molar refractivity (Wildman–Crippen MR) is 96.7 cm³/mol. The summed E-state index contributed by atoms with van der Waals surface area (Å²) in [7, 11) is 0. The van der Waals surface area contributed by atoms with Crippen molar-refractivity contribution < 1.29 is 13.6 Å². The molecule has 0 atom stereocenters. The fraction of sp³-hybridized carbons (Fsp3) is 0.316. The van der Waals surface area contributed by atoms with Crippen molar-refractivity contribution in [2.45, 2.75) is 25.9 Å². The van der Waals surface area contributed by atoms with Gasteiger partial charge in [0, 0.05) is 5.56 Å². The molecule has 1 fully saturated rings. The number of amides is 1. The number of anilines is 1. The van der Waals surface area contributed by atoms with E-state index in [1.54, 1.807) is 24.3 Å². The van der Waals surface area contributed by atoms with Gasteiger partial charge in [0.1, 0.15) is 17.9 Å². The van der Waals surface area contributed by atoms with E-state index in [9.17, 15) is 9.18 Å². The first-order valence-corrected chi connectivity index (χ1v) is 8.93. The summed E-state index contributed by atoms with van der Waals surface area (Å²) >= 11 is 0. The number of hydrogen-bond acceptors (Lipinski definition) is 5. The molecule has 1 aliphatic heterocycles. The van der Waals surface area contributed by atoms with Crippen molar-refractivity contribution in [1.29, 1.82) is 0 Å². The van der Waals surface area contributed by atoms with Gasteiger partial charge in [-0.1, -0.05) is 18.2 Å². The summed E-state index contributed by atoms with van der Waals surface area (Å²) in [5, 5.41) is 6.76. The number of rotatable bonds is 6. The fourth-order valence-corrected chi connectivity index (χ4v) is 3.14. The number of nitrogens with one attached hydrogen (secondary N) is 1. The Morgan fingerprint density at radius 3 is 2.78 bits per heavy atom. The van der Waals surface area contributed by atoms with Gasteiger partial charge in [-0.2, -0.15) is 0 Å². The van der Waals surface area contributed by atoms with Crippen molar-refractivity contribution in [1.82, 2.24) is 19.7 Å². The average Bonchev–Trinajstić information content (AvgIpc) is 3.40. The van der Waals surface area contributed by atoms with Crippen molar-refractivity contribution in [3.8, 4) is 0 Å². The van der Waals surface area contributed by atoms with Crippen LogP contribution in [0.5, 0.6) is 0 Å². The normalized spacial score (nSPS) is 14.6. The fourth-order valence-electron chi connectivity index (χ4n) is 3.14. The summed E-state index contributed by atoms with van der Waals surface area (Å²) in [4.78, 5) is 18.7. The largest absolute Gasteiger partial charge is 0.455 e. The van der Waals surface area contributed by atoms with Crippen LogP contribution >= 0.6 is 0 Å². The van der Waals surface area contributed by atoms with Crippen LogP contribution in [0.15, 0.2) is 47.1 Å². The monoisotopic (exact) mass is 369 g/mol. The van der Waals surface area contributed by atoms with Gasteiger partial charge in [0.2, 0.25) is 5.95 Å². The molecule has 27 heavy (non-hydrogen) atoms. The summed E-state index contributed by atoms with van der Waals surface area (Å²) in [6, 6.07) is 9.93. The molecule has 0 bridgehead atoms. The molecule has 0 unspecified atom stereocenters. The van der Waals surface area contributed by atoms with Crippen LogP contribution in [-0.4, -0.2) is 38.7 Å². The van der Waals surface area contributed by atoms with E-state index in [1.807, 2.05) is 6.07 Å². The van der Waals surface area contributed by atoms with Crippen molar-refractivity contribution in [2.75, 3.05) is 18.4 Å². The Balaban J connectivity index is 1.36. The molecule has 1 aliphatic rings. The quantitative estimate of drug-likeness (QED) is 0.723. The van der Waals surface area contributed by atoms with E-state index in [4.69, 9.17) is 4.42 Å². The lowest BCUT2D eigenvalue weighted by atomic mass is 10.2. The van der Waals surface area contributed by atoms with Gasteiger partial charge in [-0.05, 0) is 44.1 Å². The van der Waals surface area contributed by atoms with Gasteiger partial charge in [0.25, 0.3) is 5.91 Å². The van der Waals surface area contributed by atoms with E-state index in [2.05, 4.69) is 20.3 Å². The van der Waals surface area contributed by atoms with Gasteiger partial charge >= 0.3 is 0 Å². The second-order valence-electron chi connectivity index (χ2n) is 6.56. The maximum atomic E-state index is 13.7. The third kappa shape index (κ3) is 4.22. The first-order chi connectivity index (χ1) is 13.2. The van der Waals surface area contributed by atoms with Crippen LogP contribution in [-0.2, 0) is 13.1 Å². The van der Waals surface area contributed by atoms with Crippen LogP contribution in [0.1, 0.15) is 34.7 Å². The standard InChI is InChI=1S/C19H20FN5O2/c20-16-6-2-1-5-14(16)11-25-13-21-19(23-25)22-18(26)17-8-7-15(27-17)12-24-9-3-4-10-24/h1-2,5-8,13H,3-4,9-12H2,(H,22,23,26). The third-order valence-electron chi connectivity index (χ3n) is 4.52. The van der Waals surface area contributed by atoms with E-state index in [-0.39, 0.29) is 24.1 Å². The highest BCUT2D eigenvalue weighted by Crippen LogP contribution is 2.16. The minimum atomic E-state index is -0.411. The van der Waals surface area contributed by atoms with Crippen molar-refractivity contribution in [2.24, 2.45) is 0 Å². The van der Waals surface area contributed by atoms with Crippen LogP contribution in [0, 0.1) is 5.82 Å². The first-order valence-electron chi connectivity index (χ1n) is 8.93. The smallest absolute Gasteiger partial charge is 0.293 e. The van der Waals surface area contributed by atoms with Gasteiger partial charge in [0.15, 0.2) is 5.76 Å². The predicted octanol–water partition coefficient (Wildman–Crippen LogP) is 2.91. The molecular weight excluding hydrogens is 349 g/mol. The molecule has 3 aromatic rings. The second-order valence-corrected chi connectivity index (χ2v) is 6.56. The zero-order valence-electron chi connectivity index (χ0n) is 14.8. The molecule has 7 nitrogen and oxygen atoms in total. The highest BCUT2D eigenvalue weighted by Gasteiger charge is 2.17. The Labute approximate surface area is 155 Å². The Bertz CT molecular complexity index is 930. The molecule has 1 saturated heterocycles. The third-order valence-corrected chi connectivity index (χ3v) is 4.52. The molecule has 1 aromatic carbocycles. The minimum absolute atomic E-state index is 0.147. The van der Waals surface area contributed by atoms with Crippen LogP contribution in [0.2, 0.25) is 0 Å². The van der Waals surface area contributed by atoms with E-state index >= 15 is 0 Å². The highest BCUT2D eigenvalue weighted by atomic mass is 19.1. The number of aromatic nitrogens is 3. The number of nitrogens with zero attached hydrogens (tertiary/aromatic N) is 4. The Kier molecular flexibility index (Phi) is 4.97. The lowest BCUT2D eigenvalue weighted by Gasteiger charge is -2.11. The Morgan fingerprint density at radius 2 is 1.96 bits per heavy atom. The van der Waals surface area contributed by atoms with E-state index < -0.39 is 5.91 Å². The molecule has 0 aliphatic carbocycles. The number of carbonyl (C=O) groups is 1. The summed E-state index contributed by atoms with van der Waals surface area (Å²) in [5.41, 5.74) is 0.498. The van der Waals surface area contributed by atoms with E-state index in [0.717, 1.165) is 18.8 Å². The zero-order valence-corrected chi connectivity index (χ0v) is 14.8. The number of carbonyl (C=O) groups excluding carboxylic acids is 1. The number of hydrogen-bond donors (Lipinski definition) is 1. The summed E-state index contributed by atoms with van der Waals surface area (Å²) in [6.45, 7) is 3.07. The zero-order chi connectivity index (χ0) is 18.6. The molecular formula is C19H20FN5O2. The summed E-state index contributed by atoms with van der Waals surface area (Å²) in [6.07, 6.45) is 3.85. The van der Waals surface area contributed by atoms with Crippen LogP contribution < -0.4 is 5.32 Å². The summed E-state index contributed by atoms with van der Waals surface area (Å²) in [5.74, 6) is 0.412. The van der Waals surface area contributed by atoms with Gasteiger partial charge < -0.3 is 4.42 Å². The Morgan fingerprint density at radius 1 is 1.15 bits per heavy atom. The Hall–Kier alpha value is -3.00. The lowest BCUT2D eigenvalue weighted by Crippen LogP contribution is -2.18. The van der Waals surface area contributed by atoms with Gasteiger partial charge in [-0.3, -0.25) is 15.0 Å². The maximum absolute atomic E-state index is 13.7. The van der Waals surface area contributed by atoms with Crippen LogP contribution in [0.4, 0.5) is 10.3 Å². The van der Waals surface area contributed by atoms with E-state index in [1.165, 1.54) is 29.9 Å². The molecule has 1 N–H and O–H groups in total. The second kappa shape index (κ2) is 7.71. The molecule has 4 rings (SSSR count). The van der Waals surface area contributed by atoms with Crippen molar-refractivity contribution in [3.63, 3.8) is 0 Å². The first kappa shape index (κ1) is 17.4. The van der Waals surface area contributed by atoms with Crippen molar-refractivity contribution in [3.05, 3.63) is 65.6 Å².